The Labute approximate surface area is 143 Å². The Morgan fingerprint density at radius 2 is 1.88 bits per heavy atom. The molecule has 25 heavy (non-hydrogen) atoms. The topological polar surface area (TPSA) is 50.3 Å². The van der Waals surface area contributed by atoms with Crippen LogP contribution >= 0.6 is 0 Å². The molecule has 0 radical (unpaired) electrons. The van der Waals surface area contributed by atoms with Crippen LogP contribution in [-0.4, -0.2) is 37.0 Å². The van der Waals surface area contributed by atoms with Gasteiger partial charge in [-0.2, -0.15) is 4.31 Å². The number of aromatic nitrogens is 1. The van der Waals surface area contributed by atoms with E-state index in [-0.39, 0.29) is 18.0 Å². The molecule has 0 unspecified atom stereocenters. The monoisotopic (exact) mass is 360 g/mol. The van der Waals surface area contributed by atoms with E-state index < -0.39 is 22.0 Å². The lowest BCUT2D eigenvalue weighted by molar-refractivity contribution is 0.141. The van der Waals surface area contributed by atoms with Gasteiger partial charge in [0, 0.05) is 30.2 Å². The summed E-state index contributed by atoms with van der Waals surface area (Å²) >= 11 is 0. The third-order valence-electron chi connectivity index (χ3n) is 4.26. The fourth-order valence-electron chi connectivity index (χ4n) is 2.93. The lowest BCUT2D eigenvalue weighted by Crippen LogP contribution is -2.51. The molecular formula is C18H14F2N2O2S. The first-order chi connectivity index (χ1) is 11.9. The molecule has 0 spiro atoms. The Kier molecular flexibility index (Phi) is 3.77. The van der Waals surface area contributed by atoms with E-state index in [4.69, 9.17) is 0 Å². The highest BCUT2D eigenvalue weighted by atomic mass is 32.2. The molecule has 0 bridgehead atoms. The van der Waals surface area contributed by atoms with E-state index in [2.05, 4.69) is 4.98 Å². The maximum Gasteiger partial charge on any atom is 0.243 e. The Bertz CT molecular complexity index is 1060. The molecule has 7 heteroatoms. The van der Waals surface area contributed by atoms with Crippen LogP contribution in [0.4, 0.5) is 8.78 Å². The second kappa shape index (κ2) is 5.86. The number of hydrogen-bond donors (Lipinski definition) is 0. The van der Waals surface area contributed by atoms with Crippen molar-refractivity contribution < 1.29 is 17.2 Å². The maximum atomic E-state index is 14.0. The van der Waals surface area contributed by atoms with Crippen molar-refractivity contribution >= 4 is 20.9 Å². The minimum absolute atomic E-state index is 0.0604. The van der Waals surface area contributed by atoms with E-state index in [1.165, 1.54) is 24.3 Å². The number of rotatable bonds is 3. The van der Waals surface area contributed by atoms with E-state index >= 15 is 0 Å². The van der Waals surface area contributed by atoms with Crippen molar-refractivity contribution in [1.82, 2.24) is 9.29 Å². The summed E-state index contributed by atoms with van der Waals surface area (Å²) in [6.45, 7) is -0.256. The van der Waals surface area contributed by atoms with E-state index in [0.29, 0.717) is 22.0 Å². The van der Waals surface area contributed by atoms with Gasteiger partial charge in [0.2, 0.25) is 10.0 Å². The summed E-state index contributed by atoms with van der Waals surface area (Å²) in [5.74, 6) is -0.424. The predicted octanol–water partition coefficient (Wildman–Crippen LogP) is 3.38. The highest BCUT2D eigenvalue weighted by Crippen LogP contribution is 2.31. The van der Waals surface area contributed by atoms with Gasteiger partial charge in [0.15, 0.2) is 0 Å². The van der Waals surface area contributed by atoms with Crippen LogP contribution in [0.3, 0.4) is 0 Å². The number of benzene rings is 2. The minimum Gasteiger partial charge on any atom is -0.256 e. The fourth-order valence-corrected chi connectivity index (χ4v) is 4.47. The molecule has 0 N–H and O–H groups in total. The number of alkyl halides is 1. The highest BCUT2D eigenvalue weighted by Gasteiger charge is 2.36. The van der Waals surface area contributed by atoms with Crippen molar-refractivity contribution in [3.8, 4) is 11.1 Å². The molecule has 0 amide bonds. The van der Waals surface area contributed by atoms with Crippen LogP contribution in [0.5, 0.6) is 0 Å². The molecule has 1 aliphatic rings. The third-order valence-corrected chi connectivity index (χ3v) is 6.08. The minimum atomic E-state index is -3.75. The average Bonchev–Trinajstić information content (AvgIpc) is 2.58. The van der Waals surface area contributed by atoms with Crippen molar-refractivity contribution in [1.29, 1.82) is 0 Å². The Morgan fingerprint density at radius 1 is 1.08 bits per heavy atom. The normalized spacial score (nSPS) is 16.1. The van der Waals surface area contributed by atoms with Gasteiger partial charge in [0.1, 0.15) is 12.0 Å². The smallest absolute Gasteiger partial charge is 0.243 e. The number of halogens is 2. The van der Waals surface area contributed by atoms with Gasteiger partial charge >= 0.3 is 0 Å². The fraction of sp³-hybridized carbons (Fsp3) is 0.167. The summed E-state index contributed by atoms with van der Waals surface area (Å²) in [5.41, 5.74) is 1.65. The summed E-state index contributed by atoms with van der Waals surface area (Å²) in [7, 11) is -3.75. The molecule has 4 nitrogen and oxygen atoms in total. The van der Waals surface area contributed by atoms with Crippen molar-refractivity contribution in [3.63, 3.8) is 0 Å². The van der Waals surface area contributed by atoms with Gasteiger partial charge in [-0.3, -0.25) is 4.98 Å². The molecule has 128 valence electrons. The lowest BCUT2D eigenvalue weighted by Gasteiger charge is -2.33. The lowest BCUT2D eigenvalue weighted by atomic mass is 10.0. The maximum absolute atomic E-state index is 14.0. The zero-order chi connectivity index (χ0) is 17.6. The first-order valence-electron chi connectivity index (χ1n) is 7.74. The Hall–Kier alpha value is -2.38. The van der Waals surface area contributed by atoms with Gasteiger partial charge in [-0.15, -0.1) is 0 Å². The molecular weight excluding hydrogens is 346 g/mol. The SMILES string of the molecule is O=S(=O)(c1cccc(-c2cc(F)cc3cccnc23)c1)N1CC(F)C1. The van der Waals surface area contributed by atoms with Crippen molar-refractivity contribution in [2.24, 2.45) is 0 Å². The molecule has 0 saturated carbocycles. The van der Waals surface area contributed by atoms with Gasteiger partial charge in [-0.1, -0.05) is 18.2 Å². The van der Waals surface area contributed by atoms with Crippen LogP contribution < -0.4 is 0 Å². The zero-order valence-electron chi connectivity index (χ0n) is 13.1. The second-order valence-corrected chi connectivity index (χ2v) is 7.91. The molecule has 0 aliphatic carbocycles. The van der Waals surface area contributed by atoms with Crippen molar-refractivity contribution in [2.75, 3.05) is 13.1 Å². The summed E-state index contributed by atoms with van der Waals surface area (Å²) < 4.78 is 53.2. The summed E-state index contributed by atoms with van der Waals surface area (Å²) in [6.07, 6.45) is 0.487. The van der Waals surface area contributed by atoms with Crippen LogP contribution in [-0.2, 0) is 10.0 Å². The van der Waals surface area contributed by atoms with Gasteiger partial charge in [-0.25, -0.2) is 17.2 Å². The number of nitrogens with zero attached hydrogens (tertiary/aromatic N) is 2. The van der Waals surface area contributed by atoms with E-state index in [9.17, 15) is 17.2 Å². The molecule has 0 atom stereocenters. The van der Waals surface area contributed by atoms with E-state index in [1.54, 1.807) is 30.5 Å². The quantitative estimate of drug-likeness (QED) is 0.719. The molecule has 1 aromatic heterocycles. The first kappa shape index (κ1) is 16.1. The van der Waals surface area contributed by atoms with E-state index in [0.717, 1.165) is 4.31 Å². The summed E-state index contributed by atoms with van der Waals surface area (Å²) in [4.78, 5) is 4.35. The van der Waals surface area contributed by atoms with E-state index in [1.807, 2.05) is 0 Å². The number of hydrogen-bond acceptors (Lipinski definition) is 3. The van der Waals surface area contributed by atoms with Crippen molar-refractivity contribution in [2.45, 2.75) is 11.1 Å². The second-order valence-electron chi connectivity index (χ2n) is 5.98. The molecule has 3 aromatic rings. The molecule has 1 saturated heterocycles. The van der Waals surface area contributed by atoms with Gasteiger partial charge in [-0.05, 0) is 35.9 Å². The molecule has 4 rings (SSSR count). The van der Waals surface area contributed by atoms with Crippen LogP contribution in [0.25, 0.3) is 22.0 Å². The highest BCUT2D eigenvalue weighted by molar-refractivity contribution is 7.89. The van der Waals surface area contributed by atoms with Crippen LogP contribution in [0, 0.1) is 5.82 Å². The number of sulfonamides is 1. The number of fused-ring (bicyclic) bond motifs is 1. The molecule has 1 aliphatic heterocycles. The largest absolute Gasteiger partial charge is 0.256 e. The Morgan fingerprint density at radius 3 is 2.64 bits per heavy atom. The molecule has 2 heterocycles. The first-order valence-corrected chi connectivity index (χ1v) is 9.18. The summed E-state index contributed by atoms with van der Waals surface area (Å²) in [6, 6.07) is 12.4. The van der Waals surface area contributed by atoms with Gasteiger partial charge < -0.3 is 0 Å². The van der Waals surface area contributed by atoms with Crippen LogP contribution in [0.2, 0.25) is 0 Å². The van der Waals surface area contributed by atoms with Crippen molar-refractivity contribution in [3.05, 3.63) is 60.5 Å². The third kappa shape index (κ3) is 2.79. The standard InChI is InChI=1S/C18H14F2N2O2S/c19-14-7-13-4-2-6-21-18(13)17(9-14)12-3-1-5-16(8-12)25(23,24)22-10-15(20)11-22/h1-9,15H,10-11H2. The van der Waals surface area contributed by atoms with Gasteiger partial charge in [0.25, 0.3) is 0 Å². The van der Waals surface area contributed by atoms with Crippen LogP contribution in [0.15, 0.2) is 59.6 Å². The molecule has 1 fully saturated rings. The van der Waals surface area contributed by atoms with Crippen LogP contribution in [0.1, 0.15) is 0 Å². The summed E-state index contributed by atoms with van der Waals surface area (Å²) in [5, 5.41) is 0.633. The number of pyridine rings is 1. The molecule has 2 aromatic carbocycles. The van der Waals surface area contributed by atoms with Gasteiger partial charge in [0.05, 0.1) is 10.4 Å². The zero-order valence-corrected chi connectivity index (χ0v) is 13.9. The predicted molar refractivity (Wildman–Crippen MR) is 90.8 cm³/mol. The Balaban J connectivity index is 1.83. The average molecular weight is 360 g/mol.